The number of carboxylic acid groups (broad SMARTS) is 1. The molecule has 3 atom stereocenters. The first-order valence-electron chi connectivity index (χ1n) is 7.67. The van der Waals surface area contributed by atoms with Gasteiger partial charge in [0.2, 0.25) is 0 Å². The third-order valence-corrected chi connectivity index (χ3v) is 4.54. The van der Waals surface area contributed by atoms with Crippen molar-refractivity contribution in [2.45, 2.75) is 46.1 Å². The Morgan fingerprint density at radius 2 is 2.15 bits per heavy atom. The van der Waals surface area contributed by atoms with Crippen LogP contribution in [0.15, 0.2) is 11.6 Å². The number of allylic oxidation sites excluding steroid dienone is 1. The van der Waals surface area contributed by atoms with Crippen molar-refractivity contribution in [3.05, 3.63) is 11.6 Å². The number of fused-ring (bicyclic) bond motifs is 1. The SMILES string of the molecule is CCCCC1=CC2CN(C(C(=O)O)C(C)C)CC2C1=O. The van der Waals surface area contributed by atoms with E-state index in [2.05, 4.69) is 13.0 Å². The van der Waals surface area contributed by atoms with E-state index in [1.165, 1.54) is 0 Å². The maximum absolute atomic E-state index is 12.4. The van der Waals surface area contributed by atoms with Gasteiger partial charge in [0.15, 0.2) is 5.78 Å². The Kier molecular flexibility index (Phi) is 4.63. The van der Waals surface area contributed by atoms with Crippen molar-refractivity contribution in [2.75, 3.05) is 13.1 Å². The van der Waals surface area contributed by atoms with Gasteiger partial charge < -0.3 is 5.11 Å². The minimum atomic E-state index is -0.775. The van der Waals surface area contributed by atoms with Crippen LogP contribution in [0.5, 0.6) is 0 Å². The molecule has 0 radical (unpaired) electrons. The van der Waals surface area contributed by atoms with E-state index < -0.39 is 12.0 Å². The molecule has 1 heterocycles. The fourth-order valence-electron chi connectivity index (χ4n) is 3.55. The number of aliphatic carboxylic acids is 1. The Hall–Kier alpha value is -1.16. The molecule has 0 aromatic carbocycles. The number of carbonyl (C=O) groups excluding carboxylic acids is 1. The van der Waals surface area contributed by atoms with Crippen LogP contribution in [-0.2, 0) is 9.59 Å². The van der Waals surface area contributed by atoms with Crippen LogP contribution in [0.3, 0.4) is 0 Å². The number of Topliss-reactive ketones (excluding diaryl/α,β-unsaturated/α-hetero) is 1. The van der Waals surface area contributed by atoms with Gasteiger partial charge >= 0.3 is 5.97 Å². The average Bonchev–Trinajstić information content (AvgIpc) is 2.86. The molecule has 1 fully saturated rings. The van der Waals surface area contributed by atoms with E-state index in [-0.39, 0.29) is 23.5 Å². The fourth-order valence-corrected chi connectivity index (χ4v) is 3.55. The van der Waals surface area contributed by atoms with Crippen LogP contribution >= 0.6 is 0 Å². The van der Waals surface area contributed by atoms with Gasteiger partial charge in [0.1, 0.15) is 6.04 Å². The highest BCUT2D eigenvalue weighted by Crippen LogP contribution is 2.37. The van der Waals surface area contributed by atoms with Crippen LogP contribution in [-0.4, -0.2) is 40.9 Å². The summed E-state index contributed by atoms with van der Waals surface area (Å²) in [5, 5.41) is 9.36. The van der Waals surface area contributed by atoms with Crippen molar-refractivity contribution in [3.8, 4) is 0 Å². The first-order chi connectivity index (χ1) is 9.45. The molecular formula is C16H25NO3. The van der Waals surface area contributed by atoms with Crippen LogP contribution < -0.4 is 0 Å². The Morgan fingerprint density at radius 1 is 1.45 bits per heavy atom. The minimum absolute atomic E-state index is 0.00227. The Morgan fingerprint density at radius 3 is 2.65 bits per heavy atom. The Balaban J connectivity index is 2.05. The van der Waals surface area contributed by atoms with Gasteiger partial charge in [0.25, 0.3) is 0 Å². The number of unbranched alkanes of at least 4 members (excludes halogenated alkanes) is 1. The van der Waals surface area contributed by atoms with Gasteiger partial charge in [-0.15, -0.1) is 0 Å². The molecule has 2 rings (SSSR count). The summed E-state index contributed by atoms with van der Waals surface area (Å²) in [6, 6.07) is -0.471. The zero-order chi connectivity index (χ0) is 14.9. The van der Waals surface area contributed by atoms with E-state index in [0.29, 0.717) is 13.1 Å². The zero-order valence-corrected chi connectivity index (χ0v) is 12.6. The van der Waals surface area contributed by atoms with Crippen LogP contribution in [0.25, 0.3) is 0 Å². The fraction of sp³-hybridized carbons (Fsp3) is 0.750. The lowest BCUT2D eigenvalue weighted by molar-refractivity contribution is -0.144. The average molecular weight is 279 g/mol. The number of ketones is 1. The van der Waals surface area contributed by atoms with Crippen molar-refractivity contribution in [1.82, 2.24) is 4.90 Å². The van der Waals surface area contributed by atoms with Crippen molar-refractivity contribution in [3.63, 3.8) is 0 Å². The van der Waals surface area contributed by atoms with Crippen LogP contribution in [0.2, 0.25) is 0 Å². The molecule has 0 saturated carbocycles. The van der Waals surface area contributed by atoms with E-state index in [0.717, 1.165) is 24.8 Å². The number of hydrogen-bond donors (Lipinski definition) is 1. The van der Waals surface area contributed by atoms with Crippen molar-refractivity contribution < 1.29 is 14.7 Å². The number of carboxylic acids is 1. The van der Waals surface area contributed by atoms with E-state index in [1.807, 2.05) is 18.7 Å². The van der Waals surface area contributed by atoms with Gasteiger partial charge in [0, 0.05) is 24.9 Å². The van der Waals surface area contributed by atoms with E-state index >= 15 is 0 Å². The quantitative estimate of drug-likeness (QED) is 0.811. The second kappa shape index (κ2) is 6.08. The summed E-state index contributed by atoms with van der Waals surface area (Å²) < 4.78 is 0. The van der Waals surface area contributed by atoms with Crippen molar-refractivity contribution in [2.24, 2.45) is 17.8 Å². The van der Waals surface area contributed by atoms with Crippen molar-refractivity contribution in [1.29, 1.82) is 0 Å². The van der Waals surface area contributed by atoms with Gasteiger partial charge in [-0.25, -0.2) is 0 Å². The smallest absolute Gasteiger partial charge is 0.321 e. The maximum atomic E-state index is 12.4. The summed E-state index contributed by atoms with van der Waals surface area (Å²) >= 11 is 0. The van der Waals surface area contributed by atoms with E-state index in [1.54, 1.807) is 0 Å². The lowest BCUT2D eigenvalue weighted by Crippen LogP contribution is -2.44. The van der Waals surface area contributed by atoms with E-state index in [4.69, 9.17) is 0 Å². The molecule has 0 bridgehead atoms. The lowest BCUT2D eigenvalue weighted by atomic mass is 9.97. The third-order valence-electron chi connectivity index (χ3n) is 4.54. The lowest BCUT2D eigenvalue weighted by Gasteiger charge is -2.27. The molecule has 4 heteroatoms. The molecule has 3 unspecified atom stereocenters. The van der Waals surface area contributed by atoms with Crippen molar-refractivity contribution >= 4 is 11.8 Å². The number of likely N-dealkylation sites (tertiary alicyclic amines) is 1. The van der Waals surface area contributed by atoms with Gasteiger partial charge in [-0.2, -0.15) is 0 Å². The molecule has 1 aliphatic heterocycles. The van der Waals surface area contributed by atoms with Crippen LogP contribution in [0, 0.1) is 17.8 Å². The topological polar surface area (TPSA) is 57.6 Å². The highest BCUT2D eigenvalue weighted by molar-refractivity contribution is 6.00. The third kappa shape index (κ3) is 2.80. The largest absolute Gasteiger partial charge is 0.480 e. The van der Waals surface area contributed by atoms with E-state index in [9.17, 15) is 14.7 Å². The molecule has 112 valence electrons. The molecule has 1 N–H and O–H groups in total. The van der Waals surface area contributed by atoms with Gasteiger partial charge in [-0.1, -0.05) is 33.3 Å². The predicted octanol–water partition coefficient (Wildman–Crippen LogP) is 2.34. The minimum Gasteiger partial charge on any atom is -0.480 e. The number of rotatable bonds is 6. The number of nitrogens with zero attached hydrogens (tertiary/aromatic N) is 1. The molecule has 4 nitrogen and oxygen atoms in total. The highest BCUT2D eigenvalue weighted by atomic mass is 16.4. The van der Waals surface area contributed by atoms with Gasteiger partial charge in [-0.05, 0) is 24.3 Å². The van der Waals surface area contributed by atoms with Crippen LogP contribution in [0.1, 0.15) is 40.0 Å². The molecule has 1 aliphatic carbocycles. The summed E-state index contributed by atoms with van der Waals surface area (Å²) in [6.45, 7) is 7.29. The second-order valence-corrected chi connectivity index (χ2v) is 6.41. The Labute approximate surface area is 120 Å². The number of hydrogen-bond acceptors (Lipinski definition) is 3. The molecule has 0 aromatic rings. The second-order valence-electron chi connectivity index (χ2n) is 6.41. The summed E-state index contributed by atoms with van der Waals surface area (Å²) in [4.78, 5) is 25.7. The summed E-state index contributed by atoms with van der Waals surface area (Å²) in [5.74, 6) is -0.219. The molecule has 0 amide bonds. The summed E-state index contributed by atoms with van der Waals surface area (Å²) in [6.07, 6.45) is 5.15. The first kappa shape index (κ1) is 15.2. The molecule has 0 aromatic heterocycles. The predicted molar refractivity (Wildman–Crippen MR) is 77.4 cm³/mol. The normalized spacial score (nSPS) is 27.8. The molecule has 1 saturated heterocycles. The Bertz CT molecular complexity index is 427. The number of carbonyl (C=O) groups is 2. The standard InChI is InChI=1S/C16H25NO3/c1-4-5-6-11-7-12-8-17(9-13(12)15(11)18)14(10(2)3)16(19)20/h7,10,12-14H,4-6,8-9H2,1-3H3,(H,19,20). The monoisotopic (exact) mass is 279 g/mol. The summed E-state index contributed by atoms with van der Waals surface area (Å²) in [5.41, 5.74) is 0.984. The first-order valence-corrected chi connectivity index (χ1v) is 7.67. The molecular weight excluding hydrogens is 254 g/mol. The maximum Gasteiger partial charge on any atom is 0.321 e. The highest BCUT2D eigenvalue weighted by Gasteiger charge is 2.45. The molecule has 20 heavy (non-hydrogen) atoms. The van der Waals surface area contributed by atoms with Crippen LogP contribution in [0.4, 0.5) is 0 Å². The molecule has 2 aliphatic rings. The zero-order valence-electron chi connectivity index (χ0n) is 12.6. The molecule has 0 spiro atoms. The van der Waals surface area contributed by atoms with Gasteiger partial charge in [0.05, 0.1) is 0 Å². The van der Waals surface area contributed by atoms with Gasteiger partial charge in [-0.3, -0.25) is 14.5 Å². The summed E-state index contributed by atoms with van der Waals surface area (Å²) in [7, 11) is 0.